The highest BCUT2D eigenvalue weighted by molar-refractivity contribution is 7.17. The first-order valence-electron chi connectivity index (χ1n) is 7.69. The van der Waals surface area contributed by atoms with Crippen LogP contribution in [-0.4, -0.2) is 43.9 Å². The molecule has 3 aliphatic rings. The molecule has 0 bridgehead atoms. The monoisotopic (exact) mass is 343 g/mol. The molecule has 0 spiro atoms. The van der Waals surface area contributed by atoms with Crippen LogP contribution in [0.4, 0.5) is 0 Å². The van der Waals surface area contributed by atoms with Crippen LogP contribution in [0.25, 0.3) is 11.0 Å². The van der Waals surface area contributed by atoms with Crippen LogP contribution in [0, 0.1) is 0 Å². The van der Waals surface area contributed by atoms with Crippen molar-refractivity contribution >= 4 is 34.3 Å². The first kappa shape index (κ1) is 13.9. The van der Waals surface area contributed by atoms with Crippen LogP contribution in [0.2, 0.25) is 0 Å². The Kier molecular flexibility index (Phi) is 2.77. The maximum atomic E-state index is 12.3. The van der Waals surface area contributed by atoms with E-state index in [-0.39, 0.29) is 17.6 Å². The second kappa shape index (κ2) is 4.78. The van der Waals surface area contributed by atoms with E-state index in [1.54, 1.807) is 23.5 Å². The van der Waals surface area contributed by atoms with Crippen LogP contribution in [0.15, 0.2) is 23.5 Å². The third-order valence-corrected chi connectivity index (χ3v) is 5.76. The number of imidazole rings is 1. The molecule has 7 nitrogen and oxygen atoms in total. The van der Waals surface area contributed by atoms with Crippen LogP contribution in [0.1, 0.15) is 22.7 Å². The Morgan fingerprint density at radius 3 is 3.21 bits per heavy atom. The molecule has 1 unspecified atom stereocenters. The molecule has 1 N–H and O–H groups in total. The third kappa shape index (κ3) is 1.78. The van der Waals surface area contributed by atoms with Gasteiger partial charge in [0.2, 0.25) is 0 Å². The Morgan fingerprint density at radius 1 is 1.50 bits per heavy atom. The van der Waals surface area contributed by atoms with E-state index in [0.717, 1.165) is 17.1 Å². The van der Waals surface area contributed by atoms with Gasteiger partial charge in [-0.2, -0.15) is 0 Å². The second-order valence-corrected chi connectivity index (χ2v) is 7.08. The Bertz CT molecular complexity index is 968. The van der Waals surface area contributed by atoms with Crippen molar-refractivity contribution in [3.8, 4) is 0 Å². The van der Waals surface area contributed by atoms with Gasteiger partial charge in [-0.15, -0.1) is 0 Å². The lowest BCUT2D eigenvalue weighted by atomic mass is 9.94. The van der Waals surface area contributed by atoms with Gasteiger partial charge >= 0.3 is 5.97 Å². The molecule has 5 rings (SSSR count). The number of hydrogen-bond acceptors (Lipinski definition) is 5. The third-order valence-electron chi connectivity index (χ3n) is 4.69. The molecule has 8 heteroatoms. The van der Waals surface area contributed by atoms with Crippen LogP contribution >= 0.6 is 11.3 Å². The minimum atomic E-state index is -1.05. The minimum absolute atomic E-state index is 0.0852. The second-order valence-electron chi connectivity index (χ2n) is 6.01. The van der Waals surface area contributed by atoms with Crippen LogP contribution < -0.4 is 0 Å². The topological polar surface area (TPSA) is 84.1 Å². The molecule has 3 aliphatic heterocycles. The largest absolute Gasteiger partial charge is 0.477 e. The van der Waals surface area contributed by atoms with Gasteiger partial charge in [0.05, 0.1) is 29.8 Å². The molecule has 1 amide bonds. The molecule has 1 atom stereocenters. The van der Waals surface area contributed by atoms with E-state index in [4.69, 9.17) is 9.84 Å². The van der Waals surface area contributed by atoms with Crippen molar-refractivity contribution < 1.29 is 19.4 Å². The number of aliphatic carboxylic acids is 1. The Labute approximate surface area is 140 Å². The van der Waals surface area contributed by atoms with E-state index in [0.29, 0.717) is 25.2 Å². The van der Waals surface area contributed by atoms with Gasteiger partial charge in [0.1, 0.15) is 5.70 Å². The summed E-state index contributed by atoms with van der Waals surface area (Å²) in [6, 6.07) is -0.161. The first-order valence-corrected chi connectivity index (χ1v) is 8.51. The summed E-state index contributed by atoms with van der Waals surface area (Å²) in [4.78, 5) is 31.4. The number of carbonyl (C=O) groups is 2. The standard InChI is InChI=1S/C16H13N3O4S/c20-14-9(10-1-2-12(15(21)22)19(10)14)5-8-6-18-11-3-4-23-7-13(11)24-16(18)17-8/h2,5-6,10H,1,3-4,7H2,(H,21,22)/b9-5+. The molecule has 1 fully saturated rings. The Morgan fingerprint density at radius 2 is 2.38 bits per heavy atom. The minimum Gasteiger partial charge on any atom is -0.477 e. The molecular weight excluding hydrogens is 330 g/mol. The van der Waals surface area contributed by atoms with E-state index in [9.17, 15) is 9.59 Å². The normalized spacial score (nSPS) is 24.1. The number of rotatable bonds is 2. The maximum Gasteiger partial charge on any atom is 0.352 e. The molecule has 5 heterocycles. The Balaban J connectivity index is 1.47. The number of carboxylic acids is 1. The predicted octanol–water partition coefficient (Wildman–Crippen LogP) is 1.43. The highest BCUT2D eigenvalue weighted by atomic mass is 32.1. The van der Waals surface area contributed by atoms with Gasteiger partial charge in [0, 0.05) is 23.9 Å². The van der Waals surface area contributed by atoms with E-state index in [2.05, 4.69) is 9.38 Å². The Hall–Kier alpha value is -2.45. The SMILES string of the molecule is O=C(O)C1=CCC2/C(=C\c3cn4c5c(sc4n3)COCC5)C(=O)N12. The number of carboxylic acid groups (broad SMARTS) is 1. The molecule has 0 radical (unpaired) electrons. The maximum absolute atomic E-state index is 12.3. The van der Waals surface area contributed by atoms with Gasteiger partial charge in [0.25, 0.3) is 5.91 Å². The first-order chi connectivity index (χ1) is 11.6. The molecule has 122 valence electrons. The van der Waals surface area contributed by atoms with E-state index < -0.39 is 5.97 Å². The van der Waals surface area contributed by atoms with Crippen LogP contribution in [0.5, 0.6) is 0 Å². The van der Waals surface area contributed by atoms with Crippen molar-refractivity contribution in [1.82, 2.24) is 14.3 Å². The van der Waals surface area contributed by atoms with Gasteiger partial charge in [-0.25, -0.2) is 9.78 Å². The molecule has 0 aliphatic carbocycles. The van der Waals surface area contributed by atoms with Gasteiger partial charge in [-0.1, -0.05) is 17.4 Å². The number of nitrogens with zero attached hydrogens (tertiary/aromatic N) is 3. The molecule has 24 heavy (non-hydrogen) atoms. The number of amides is 1. The summed E-state index contributed by atoms with van der Waals surface area (Å²) in [5.74, 6) is -1.29. The molecule has 0 saturated carbocycles. The van der Waals surface area contributed by atoms with Crippen molar-refractivity contribution in [2.24, 2.45) is 0 Å². The zero-order chi connectivity index (χ0) is 16.4. The summed E-state index contributed by atoms with van der Waals surface area (Å²) in [6.45, 7) is 1.35. The zero-order valence-electron chi connectivity index (χ0n) is 12.6. The van der Waals surface area contributed by atoms with E-state index >= 15 is 0 Å². The average Bonchev–Trinajstić information content (AvgIpc) is 3.22. The zero-order valence-corrected chi connectivity index (χ0v) is 13.4. The summed E-state index contributed by atoms with van der Waals surface area (Å²) in [5, 5.41) is 9.10. The molecule has 1 saturated heterocycles. The van der Waals surface area contributed by atoms with Crippen LogP contribution in [-0.2, 0) is 27.4 Å². The highest BCUT2D eigenvalue weighted by Gasteiger charge is 2.48. The smallest absolute Gasteiger partial charge is 0.352 e. The fourth-order valence-corrected chi connectivity index (χ4v) is 4.65. The van der Waals surface area contributed by atoms with E-state index in [1.807, 2.05) is 6.20 Å². The van der Waals surface area contributed by atoms with Gasteiger partial charge in [-0.3, -0.25) is 14.1 Å². The number of aromatic nitrogens is 2. The number of thiazole rings is 1. The predicted molar refractivity (Wildman–Crippen MR) is 85.4 cm³/mol. The molecule has 0 aromatic carbocycles. The fourth-order valence-electron chi connectivity index (χ4n) is 3.56. The van der Waals surface area contributed by atoms with Gasteiger partial charge < -0.3 is 9.84 Å². The summed E-state index contributed by atoms with van der Waals surface area (Å²) in [6.07, 6.45) is 6.75. The molecule has 2 aromatic heterocycles. The fraction of sp³-hybridized carbons (Fsp3) is 0.312. The number of carbonyl (C=O) groups excluding carboxylic acids is 1. The highest BCUT2D eigenvalue weighted by Crippen LogP contribution is 2.39. The van der Waals surface area contributed by atoms with Gasteiger partial charge in [0.15, 0.2) is 4.96 Å². The lowest BCUT2D eigenvalue weighted by Crippen LogP contribution is -2.52. The summed E-state index contributed by atoms with van der Waals surface area (Å²) >= 11 is 1.61. The van der Waals surface area contributed by atoms with Crippen molar-refractivity contribution in [2.45, 2.75) is 25.5 Å². The summed E-state index contributed by atoms with van der Waals surface area (Å²) < 4.78 is 7.54. The lowest BCUT2D eigenvalue weighted by molar-refractivity contribution is -0.142. The van der Waals surface area contributed by atoms with Crippen molar-refractivity contribution in [2.75, 3.05) is 6.61 Å². The van der Waals surface area contributed by atoms with E-state index in [1.165, 1.54) is 15.5 Å². The van der Waals surface area contributed by atoms with Gasteiger partial charge in [-0.05, 0) is 12.5 Å². The van der Waals surface area contributed by atoms with Crippen molar-refractivity contribution in [3.63, 3.8) is 0 Å². The quantitative estimate of drug-likeness (QED) is 0.659. The molecular formula is C16H13N3O4S. The molecule has 2 aromatic rings. The van der Waals surface area contributed by atoms with Crippen LogP contribution in [0.3, 0.4) is 0 Å². The number of ether oxygens (including phenoxy) is 1. The summed E-state index contributed by atoms with van der Waals surface area (Å²) in [7, 11) is 0. The lowest BCUT2D eigenvalue weighted by Gasteiger charge is -2.38. The average molecular weight is 343 g/mol. The number of fused-ring (bicyclic) bond motifs is 4. The number of hydrogen-bond donors (Lipinski definition) is 1. The number of β-lactam (4-membered cyclic amide) rings is 1. The van der Waals surface area contributed by atoms with Crippen molar-refractivity contribution in [1.29, 1.82) is 0 Å². The van der Waals surface area contributed by atoms with Crippen molar-refractivity contribution in [3.05, 3.63) is 39.8 Å². The summed E-state index contributed by atoms with van der Waals surface area (Å²) in [5.41, 5.74) is 2.69.